The molecule has 0 aromatic heterocycles. The Hall–Kier alpha value is -0.920. The number of hydrogen-bond donors (Lipinski definition) is 0. The molecule has 0 aliphatic heterocycles. The average molecular weight is 190 g/mol. The van der Waals surface area contributed by atoms with Crippen molar-refractivity contribution in [1.29, 1.82) is 0 Å². The highest BCUT2D eigenvalue weighted by atomic mass is 16.1. The lowest BCUT2D eigenvalue weighted by Crippen LogP contribution is -2.27. The lowest BCUT2D eigenvalue weighted by molar-refractivity contribution is -0.122. The van der Waals surface area contributed by atoms with Crippen LogP contribution in [0.25, 0.3) is 0 Å². The van der Waals surface area contributed by atoms with E-state index in [1.54, 1.807) is 0 Å². The third-order valence-electron chi connectivity index (χ3n) is 4.12. The van der Waals surface area contributed by atoms with Crippen molar-refractivity contribution >= 4 is 11.6 Å². The topological polar surface area (TPSA) is 34.1 Å². The van der Waals surface area contributed by atoms with Crippen LogP contribution in [0.5, 0.6) is 0 Å². The molecule has 0 amide bonds. The quantitative estimate of drug-likeness (QED) is 0.584. The predicted octanol–water partition coefficient (Wildman–Crippen LogP) is 1.89. The summed E-state index contributed by atoms with van der Waals surface area (Å²) < 4.78 is 0. The molecule has 2 fully saturated rings. The van der Waals surface area contributed by atoms with E-state index in [1.807, 2.05) is 0 Å². The van der Waals surface area contributed by atoms with Crippen molar-refractivity contribution in [3.05, 3.63) is 11.6 Å². The van der Waals surface area contributed by atoms with E-state index in [4.69, 9.17) is 0 Å². The fraction of sp³-hybridized carbons (Fsp3) is 0.667. The molecular formula is C12H14O2. The molecular weight excluding hydrogens is 176 g/mol. The molecule has 0 radical (unpaired) electrons. The molecule has 3 unspecified atom stereocenters. The fourth-order valence-corrected chi connectivity index (χ4v) is 3.46. The highest BCUT2D eigenvalue weighted by Crippen LogP contribution is 2.48. The Balaban J connectivity index is 1.99. The number of allylic oxidation sites excluding steroid dienone is 2. The van der Waals surface area contributed by atoms with Gasteiger partial charge in [0.2, 0.25) is 0 Å². The molecule has 3 atom stereocenters. The monoisotopic (exact) mass is 190 g/mol. The van der Waals surface area contributed by atoms with Gasteiger partial charge in [-0.25, -0.2) is 0 Å². The number of ketones is 2. The van der Waals surface area contributed by atoms with E-state index in [0.717, 1.165) is 31.3 Å². The molecule has 3 rings (SSSR count). The third-order valence-corrected chi connectivity index (χ3v) is 4.12. The van der Waals surface area contributed by atoms with Crippen molar-refractivity contribution in [2.75, 3.05) is 0 Å². The number of Topliss-reactive ketones (excluding diaryl/α,β-unsaturated/α-hetero) is 2. The zero-order valence-electron chi connectivity index (χ0n) is 8.16. The Morgan fingerprint density at radius 1 is 1.14 bits per heavy atom. The van der Waals surface area contributed by atoms with Gasteiger partial charge in [0.25, 0.3) is 0 Å². The first-order valence-electron chi connectivity index (χ1n) is 5.53. The Bertz CT molecular complexity index is 340. The molecule has 0 heterocycles. The van der Waals surface area contributed by atoms with Gasteiger partial charge in [-0.15, -0.1) is 0 Å². The average Bonchev–Trinajstić information content (AvgIpc) is 2.72. The molecule has 0 N–H and O–H groups in total. The summed E-state index contributed by atoms with van der Waals surface area (Å²) in [5.41, 5.74) is 0.988. The standard InChI is InChI=1S/C12H14O2/c13-10-6-4-9-8(10)3-1-7-2-5-11(14)12(7)9/h3,7,9,12H,1-2,4-6H2. The van der Waals surface area contributed by atoms with Crippen molar-refractivity contribution in [3.63, 3.8) is 0 Å². The fourth-order valence-electron chi connectivity index (χ4n) is 3.46. The van der Waals surface area contributed by atoms with Crippen LogP contribution in [0.4, 0.5) is 0 Å². The Morgan fingerprint density at radius 3 is 2.86 bits per heavy atom. The van der Waals surface area contributed by atoms with Gasteiger partial charge < -0.3 is 0 Å². The zero-order chi connectivity index (χ0) is 9.71. The first-order valence-corrected chi connectivity index (χ1v) is 5.53. The van der Waals surface area contributed by atoms with E-state index < -0.39 is 0 Å². The molecule has 14 heavy (non-hydrogen) atoms. The first kappa shape index (κ1) is 8.39. The minimum atomic E-state index is 0.210. The van der Waals surface area contributed by atoms with Gasteiger partial charge in [-0.05, 0) is 36.7 Å². The van der Waals surface area contributed by atoms with Gasteiger partial charge in [-0.1, -0.05) is 6.08 Å². The maximum absolute atomic E-state index is 11.7. The van der Waals surface area contributed by atoms with Gasteiger partial charge >= 0.3 is 0 Å². The van der Waals surface area contributed by atoms with E-state index in [1.165, 1.54) is 0 Å². The summed E-state index contributed by atoms with van der Waals surface area (Å²) in [5.74, 6) is 1.79. The summed E-state index contributed by atoms with van der Waals surface area (Å²) in [4.78, 5) is 23.2. The van der Waals surface area contributed by atoms with E-state index in [-0.39, 0.29) is 5.92 Å². The molecule has 3 aliphatic rings. The largest absolute Gasteiger partial charge is 0.299 e. The molecule has 2 saturated carbocycles. The summed E-state index contributed by atoms with van der Waals surface area (Å²) in [6.07, 6.45) is 6.48. The number of hydrogen-bond acceptors (Lipinski definition) is 2. The smallest absolute Gasteiger partial charge is 0.158 e. The van der Waals surface area contributed by atoms with E-state index >= 15 is 0 Å². The summed E-state index contributed by atoms with van der Waals surface area (Å²) in [5, 5.41) is 0. The second kappa shape index (κ2) is 2.78. The van der Waals surface area contributed by atoms with Gasteiger partial charge in [0, 0.05) is 18.8 Å². The van der Waals surface area contributed by atoms with Crippen LogP contribution in [0.1, 0.15) is 32.1 Å². The Kier molecular flexibility index (Phi) is 1.67. The van der Waals surface area contributed by atoms with Gasteiger partial charge in [0.1, 0.15) is 5.78 Å². The highest BCUT2D eigenvalue weighted by Gasteiger charge is 2.46. The lowest BCUT2D eigenvalue weighted by Gasteiger charge is -2.28. The molecule has 3 aliphatic carbocycles. The van der Waals surface area contributed by atoms with Crippen LogP contribution in [0.15, 0.2) is 11.6 Å². The van der Waals surface area contributed by atoms with E-state index in [2.05, 4.69) is 6.08 Å². The van der Waals surface area contributed by atoms with Crippen molar-refractivity contribution in [2.45, 2.75) is 32.1 Å². The maximum Gasteiger partial charge on any atom is 0.158 e. The van der Waals surface area contributed by atoms with Crippen LogP contribution in [0, 0.1) is 17.8 Å². The maximum atomic E-state index is 11.7. The van der Waals surface area contributed by atoms with E-state index in [9.17, 15) is 9.59 Å². The number of carbonyl (C=O) groups is 2. The van der Waals surface area contributed by atoms with Crippen molar-refractivity contribution in [1.82, 2.24) is 0 Å². The molecule has 0 bridgehead atoms. The summed E-state index contributed by atoms with van der Waals surface area (Å²) >= 11 is 0. The SMILES string of the molecule is O=C1CCC2C1=CCC1CCC(=O)C12. The lowest BCUT2D eigenvalue weighted by atomic mass is 9.74. The van der Waals surface area contributed by atoms with Crippen LogP contribution < -0.4 is 0 Å². The van der Waals surface area contributed by atoms with E-state index in [0.29, 0.717) is 29.8 Å². The molecule has 2 heteroatoms. The number of rotatable bonds is 0. The highest BCUT2D eigenvalue weighted by molar-refractivity contribution is 6.00. The first-order chi connectivity index (χ1) is 6.77. The zero-order valence-corrected chi connectivity index (χ0v) is 8.16. The minimum Gasteiger partial charge on any atom is -0.299 e. The van der Waals surface area contributed by atoms with Crippen LogP contribution in [0.2, 0.25) is 0 Å². The molecule has 74 valence electrons. The van der Waals surface area contributed by atoms with Crippen LogP contribution in [-0.4, -0.2) is 11.6 Å². The summed E-state index contributed by atoms with van der Waals surface area (Å²) in [6.45, 7) is 0. The number of carbonyl (C=O) groups excluding carboxylic acids is 2. The van der Waals surface area contributed by atoms with Crippen molar-refractivity contribution < 1.29 is 9.59 Å². The van der Waals surface area contributed by atoms with Crippen LogP contribution in [0.3, 0.4) is 0 Å². The van der Waals surface area contributed by atoms with Gasteiger partial charge in [0.05, 0.1) is 0 Å². The molecule has 0 spiro atoms. The molecule has 0 aromatic carbocycles. The second-order valence-corrected chi connectivity index (χ2v) is 4.75. The van der Waals surface area contributed by atoms with Crippen LogP contribution >= 0.6 is 0 Å². The van der Waals surface area contributed by atoms with Gasteiger partial charge in [-0.2, -0.15) is 0 Å². The number of fused-ring (bicyclic) bond motifs is 3. The Morgan fingerprint density at radius 2 is 2.00 bits per heavy atom. The Labute approximate surface area is 83.4 Å². The normalized spacial score (nSPS) is 40.9. The van der Waals surface area contributed by atoms with Crippen LogP contribution in [-0.2, 0) is 9.59 Å². The molecule has 0 aromatic rings. The molecule has 0 saturated heterocycles. The third kappa shape index (κ3) is 0.969. The van der Waals surface area contributed by atoms with Gasteiger partial charge in [0.15, 0.2) is 5.78 Å². The molecule has 2 nitrogen and oxygen atoms in total. The summed E-state index contributed by atoms with van der Waals surface area (Å²) in [7, 11) is 0. The second-order valence-electron chi connectivity index (χ2n) is 4.75. The predicted molar refractivity (Wildman–Crippen MR) is 51.7 cm³/mol. The van der Waals surface area contributed by atoms with Crippen molar-refractivity contribution in [2.24, 2.45) is 17.8 Å². The summed E-state index contributed by atoms with van der Waals surface area (Å²) in [6, 6.07) is 0. The van der Waals surface area contributed by atoms with Gasteiger partial charge in [-0.3, -0.25) is 9.59 Å². The van der Waals surface area contributed by atoms with Crippen molar-refractivity contribution in [3.8, 4) is 0 Å². The minimum absolute atomic E-state index is 0.210.